The van der Waals surface area contributed by atoms with E-state index in [9.17, 15) is 4.79 Å². The Morgan fingerprint density at radius 2 is 1.93 bits per heavy atom. The van der Waals surface area contributed by atoms with Crippen LogP contribution in [0.2, 0.25) is 0 Å². The van der Waals surface area contributed by atoms with Crippen molar-refractivity contribution in [3.8, 4) is 0 Å². The van der Waals surface area contributed by atoms with Gasteiger partial charge in [0.2, 0.25) is 0 Å². The largest absolute Gasteiger partial charge is 0.348 e. The lowest BCUT2D eigenvalue weighted by Crippen LogP contribution is -2.20. The zero-order chi connectivity index (χ0) is 21.8. The summed E-state index contributed by atoms with van der Waals surface area (Å²) in [5, 5.41) is 3.11. The van der Waals surface area contributed by atoms with E-state index < -0.39 is 0 Å². The first-order valence-corrected chi connectivity index (χ1v) is 11.5. The predicted molar refractivity (Wildman–Crippen MR) is 129 cm³/mol. The van der Waals surface area contributed by atoms with Gasteiger partial charge in [0.25, 0.3) is 5.91 Å². The number of nitrogens with one attached hydrogen (secondary N) is 1. The Morgan fingerprint density at radius 1 is 1.20 bits per heavy atom. The topological polar surface area (TPSA) is 44.7 Å². The van der Waals surface area contributed by atoms with Crippen molar-refractivity contribution in [3.63, 3.8) is 0 Å². The number of carbonyl (C=O) groups is 1. The minimum Gasteiger partial charge on any atom is -0.348 e. The monoisotopic (exact) mass is 421 g/mol. The van der Waals surface area contributed by atoms with Crippen molar-refractivity contribution < 1.29 is 4.79 Å². The maximum absolute atomic E-state index is 12.9. The van der Waals surface area contributed by atoms with E-state index in [1.54, 1.807) is 11.3 Å². The zero-order valence-electron chi connectivity index (χ0n) is 18.6. The van der Waals surface area contributed by atoms with Crippen molar-refractivity contribution in [2.24, 2.45) is 4.99 Å². The normalized spacial score (nSPS) is 15.5. The molecule has 2 aromatic rings. The smallest absolute Gasteiger partial charge is 0.265 e. The fraction of sp³-hybridized carbons (Fsp3) is 0.360. The first-order chi connectivity index (χ1) is 14.4. The average Bonchev–Trinajstić information content (AvgIpc) is 3.19. The lowest BCUT2D eigenvalue weighted by atomic mass is 9.99. The molecule has 30 heavy (non-hydrogen) atoms. The number of aliphatic imine (C=N–C) groups is 1. The molecule has 0 saturated heterocycles. The molecule has 1 aromatic carbocycles. The predicted octanol–water partition coefficient (Wildman–Crippen LogP) is 6.43. The van der Waals surface area contributed by atoms with Gasteiger partial charge in [0, 0.05) is 29.4 Å². The third-order valence-corrected chi connectivity index (χ3v) is 6.76. The number of anilines is 1. The van der Waals surface area contributed by atoms with Crippen molar-refractivity contribution in [3.05, 3.63) is 69.2 Å². The molecule has 0 spiro atoms. The summed E-state index contributed by atoms with van der Waals surface area (Å²) in [4.78, 5) is 21.7. The van der Waals surface area contributed by atoms with Crippen molar-refractivity contribution in [2.45, 2.75) is 53.4 Å². The third kappa shape index (κ3) is 4.41. The van der Waals surface area contributed by atoms with Gasteiger partial charge in [-0.25, -0.2) is 4.99 Å². The summed E-state index contributed by atoms with van der Waals surface area (Å²) < 4.78 is 0. The van der Waals surface area contributed by atoms with Gasteiger partial charge in [-0.3, -0.25) is 4.79 Å². The number of thiophene rings is 1. The highest BCUT2D eigenvalue weighted by atomic mass is 32.1. The number of aryl methyl sites for hydroxylation is 2. The van der Waals surface area contributed by atoms with Gasteiger partial charge in [0.1, 0.15) is 0 Å². The quantitative estimate of drug-likeness (QED) is 0.620. The highest BCUT2D eigenvalue weighted by Crippen LogP contribution is 2.32. The number of allylic oxidation sites excluding steroid dienone is 1. The second-order valence-corrected chi connectivity index (χ2v) is 8.60. The van der Waals surface area contributed by atoms with Crippen LogP contribution >= 0.6 is 11.3 Å². The average molecular weight is 422 g/mol. The maximum atomic E-state index is 12.9. The fourth-order valence-corrected chi connectivity index (χ4v) is 4.90. The van der Waals surface area contributed by atoms with Crippen LogP contribution in [0.25, 0.3) is 5.70 Å². The number of fused-ring (bicyclic) bond motifs is 1. The van der Waals surface area contributed by atoms with Gasteiger partial charge in [-0.15, -0.1) is 11.3 Å². The Hall–Kier alpha value is -2.66. The first kappa shape index (κ1) is 22.0. The van der Waals surface area contributed by atoms with E-state index in [2.05, 4.69) is 18.0 Å². The van der Waals surface area contributed by atoms with Gasteiger partial charge in [-0.1, -0.05) is 32.6 Å². The summed E-state index contributed by atoms with van der Waals surface area (Å²) in [7, 11) is 1.97. The molecule has 1 N–H and O–H groups in total. The molecule has 0 atom stereocenters. The Balaban J connectivity index is 0.00000124. The lowest BCUT2D eigenvalue weighted by molar-refractivity contribution is 0.103. The Morgan fingerprint density at radius 3 is 2.63 bits per heavy atom. The molecule has 5 heteroatoms. The highest BCUT2D eigenvalue weighted by Gasteiger charge is 2.19. The van der Waals surface area contributed by atoms with Crippen LogP contribution in [0.4, 0.5) is 5.69 Å². The third-order valence-electron chi connectivity index (χ3n) is 5.53. The summed E-state index contributed by atoms with van der Waals surface area (Å²) in [6.07, 6.45) is 6.63. The van der Waals surface area contributed by atoms with E-state index in [0.717, 1.165) is 51.6 Å². The second kappa shape index (κ2) is 9.43. The van der Waals surface area contributed by atoms with Gasteiger partial charge in [0.15, 0.2) is 0 Å². The summed E-state index contributed by atoms with van der Waals surface area (Å²) >= 11 is 1.64. The number of hydrogen-bond donors (Lipinski definition) is 1. The minimum absolute atomic E-state index is 0.0255. The molecule has 1 amide bonds. The van der Waals surface area contributed by atoms with Gasteiger partial charge < -0.3 is 10.2 Å². The van der Waals surface area contributed by atoms with Crippen LogP contribution in [0.1, 0.15) is 64.9 Å². The summed E-state index contributed by atoms with van der Waals surface area (Å²) in [6.45, 7) is 12.0. The summed E-state index contributed by atoms with van der Waals surface area (Å²) in [5.41, 5.74) is 6.89. The van der Waals surface area contributed by atoms with Crippen LogP contribution in [0.15, 0.2) is 47.7 Å². The standard InChI is InChI=1S/C23H25N3OS.C2H6/c1-14-18(20-13-26(4)16(3)15(2)24-20)9-7-10-19(14)25-23(27)22-12-17-8-5-6-11-21(17)28-22;1-2/h7,9-10,12-13H,3,5-6,8,11H2,1-2,4H3,(H,25,27);1-2H3. The number of nitrogens with zero attached hydrogens (tertiary/aromatic N) is 2. The number of carbonyl (C=O) groups excluding carboxylic acids is 1. The molecule has 2 heterocycles. The first-order valence-electron chi connectivity index (χ1n) is 10.7. The van der Waals surface area contributed by atoms with E-state index in [4.69, 9.17) is 4.99 Å². The van der Waals surface area contributed by atoms with Crippen LogP contribution in [0.5, 0.6) is 0 Å². The van der Waals surface area contributed by atoms with Crippen LogP contribution in [0, 0.1) is 6.92 Å². The van der Waals surface area contributed by atoms with Crippen molar-refractivity contribution in [1.29, 1.82) is 0 Å². The van der Waals surface area contributed by atoms with E-state index in [1.807, 2.05) is 64.0 Å². The Bertz CT molecular complexity index is 1010. The molecule has 1 aliphatic carbocycles. The zero-order valence-corrected chi connectivity index (χ0v) is 19.4. The Labute approximate surface area is 184 Å². The lowest BCUT2D eigenvalue weighted by Gasteiger charge is -2.24. The number of benzene rings is 1. The highest BCUT2D eigenvalue weighted by molar-refractivity contribution is 7.14. The van der Waals surface area contributed by atoms with Crippen molar-refractivity contribution in [1.82, 2.24) is 4.90 Å². The van der Waals surface area contributed by atoms with Crippen LogP contribution < -0.4 is 5.32 Å². The van der Waals surface area contributed by atoms with E-state index in [1.165, 1.54) is 23.3 Å². The molecular weight excluding hydrogens is 390 g/mol. The molecule has 0 bridgehead atoms. The van der Waals surface area contributed by atoms with E-state index >= 15 is 0 Å². The van der Waals surface area contributed by atoms with Crippen molar-refractivity contribution >= 4 is 34.3 Å². The van der Waals surface area contributed by atoms with Gasteiger partial charge in [0.05, 0.1) is 22.0 Å². The maximum Gasteiger partial charge on any atom is 0.265 e. The molecule has 2 aliphatic rings. The summed E-state index contributed by atoms with van der Waals surface area (Å²) in [6, 6.07) is 8.03. The molecule has 4 nitrogen and oxygen atoms in total. The SMILES string of the molecule is C=C1C(C)=NC(c2cccc(NC(=O)c3cc4c(s3)CCCC4)c2C)=CN1C.CC. The molecule has 0 unspecified atom stereocenters. The summed E-state index contributed by atoms with van der Waals surface area (Å²) in [5.74, 6) is -0.0255. The minimum atomic E-state index is -0.0255. The van der Waals surface area contributed by atoms with Crippen LogP contribution in [-0.4, -0.2) is 23.6 Å². The van der Waals surface area contributed by atoms with Gasteiger partial charge in [-0.2, -0.15) is 0 Å². The van der Waals surface area contributed by atoms with Crippen molar-refractivity contribution in [2.75, 3.05) is 12.4 Å². The molecular formula is C25H31N3OS. The van der Waals surface area contributed by atoms with Crippen LogP contribution in [0.3, 0.4) is 0 Å². The van der Waals surface area contributed by atoms with Crippen LogP contribution in [-0.2, 0) is 12.8 Å². The molecule has 158 valence electrons. The number of rotatable bonds is 3. The molecule has 1 aliphatic heterocycles. The van der Waals surface area contributed by atoms with E-state index in [-0.39, 0.29) is 5.91 Å². The van der Waals surface area contributed by atoms with Gasteiger partial charge >= 0.3 is 0 Å². The van der Waals surface area contributed by atoms with E-state index in [0.29, 0.717) is 0 Å². The molecule has 0 saturated carbocycles. The molecule has 4 rings (SSSR count). The molecule has 0 fully saturated rings. The number of hydrogen-bond acceptors (Lipinski definition) is 4. The Kier molecular flexibility index (Phi) is 6.93. The fourth-order valence-electron chi connectivity index (χ4n) is 3.76. The van der Waals surface area contributed by atoms with Gasteiger partial charge in [-0.05, 0) is 62.8 Å². The second-order valence-electron chi connectivity index (χ2n) is 7.47. The molecule has 0 radical (unpaired) electrons. The molecule has 1 aromatic heterocycles. The number of amides is 1.